The molecule has 2 heterocycles. The van der Waals surface area contributed by atoms with Crippen LogP contribution in [0.3, 0.4) is 0 Å². The lowest BCUT2D eigenvalue weighted by Crippen LogP contribution is -2.48. The van der Waals surface area contributed by atoms with Crippen LogP contribution in [0.2, 0.25) is 0 Å². The normalized spacial score (nSPS) is 19.4. The average Bonchev–Trinajstić information content (AvgIpc) is 2.97. The molecule has 1 aromatic rings. The predicted octanol–water partition coefficient (Wildman–Crippen LogP) is 3.74. The highest BCUT2D eigenvalue weighted by Crippen LogP contribution is 2.25. The molecule has 5 nitrogen and oxygen atoms in total. The number of aromatic nitrogens is 1. The highest BCUT2D eigenvalue weighted by Gasteiger charge is 2.25. The van der Waals surface area contributed by atoms with Gasteiger partial charge < -0.3 is 14.6 Å². The molecule has 1 aliphatic rings. The first-order valence-corrected chi connectivity index (χ1v) is 9.38. The van der Waals surface area contributed by atoms with Gasteiger partial charge in [0.25, 0.3) is 0 Å². The molecule has 1 saturated heterocycles. The van der Waals surface area contributed by atoms with Crippen LogP contribution in [0.1, 0.15) is 46.3 Å². The Hall–Kier alpha value is -0.440. The van der Waals surface area contributed by atoms with Crippen molar-refractivity contribution < 1.29 is 4.42 Å². The number of nitrogens with one attached hydrogen (secondary N) is 1. The summed E-state index contributed by atoms with van der Waals surface area (Å²) in [7, 11) is 1.84. The molecule has 0 amide bonds. The first kappa shape index (κ1) is 21.6. The molecule has 0 saturated carbocycles. The molecular formula is C17H31IN4OS. The summed E-state index contributed by atoms with van der Waals surface area (Å²) in [6, 6.07) is 0. The maximum absolute atomic E-state index is 5.84. The van der Waals surface area contributed by atoms with Crippen molar-refractivity contribution in [1.82, 2.24) is 15.2 Å². The van der Waals surface area contributed by atoms with Crippen molar-refractivity contribution in [3.8, 4) is 0 Å². The second kappa shape index (κ2) is 9.31. The Kier molecular flexibility index (Phi) is 8.38. The second-order valence-corrected chi connectivity index (χ2v) is 8.72. The number of halogens is 1. The van der Waals surface area contributed by atoms with Crippen molar-refractivity contribution in [3.05, 3.63) is 17.8 Å². The molecule has 1 atom stereocenters. The summed E-state index contributed by atoms with van der Waals surface area (Å²) in [6.07, 6.45) is 1.83. The fourth-order valence-electron chi connectivity index (χ4n) is 2.50. The van der Waals surface area contributed by atoms with Crippen molar-refractivity contribution >= 4 is 41.7 Å². The first-order valence-electron chi connectivity index (χ1n) is 8.33. The molecule has 1 fully saturated rings. The van der Waals surface area contributed by atoms with E-state index in [4.69, 9.17) is 4.42 Å². The SMILES string of the molecule is CN=C(NCc1ncc(C(C)(C)C)o1)N1CCSC(C(C)C)C1.I. The number of guanidine groups is 1. The summed E-state index contributed by atoms with van der Waals surface area (Å²) >= 11 is 2.07. The lowest BCUT2D eigenvalue weighted by molar-refractivity contribution is 0.364. The van der Waals surface area contributed by atoms with Crippen molar-refractivity contribution in [2.24, 2.45) is 10.9 Å². The Morgan fingerprint density at radius 1 is 1.50 bits per heavy atom. The van der Waals surface area contributed by atoms with E-state index in [0.717, 1.165) is 30.6 Å². The molecule has 1 unspecified atom stereocenters. The third kappa shape index (κ3) is 5.82. The molecule has 24 heavy (non-hydrogen) atoms. The van der Waals surface area contributed by atoms with Crippen molar-refractivity contribution in [1.29, 1.82) is 0 Å². The van der Waals surface area contributed by atoms with Crippen LogP contribution in [0.25, 0.3) is 0 Å². The fourth-order valence-corrected chi connectivity index (χ4v) is 3.80. The Morgan fingerprint density at radius 3 is 2.75 bits per heavy atom. The summed E-state index contributed by atoms with van der Waals surface area (Å²) in [5, 5.41) is 4.05. The molecular weight excluding hydrogens is 435 g/mol. The summed E-state index contributed by atoms with van der Waals surface area (Å²) < 4.78 is 5.84. The van der Waals surface area contributed by atoms with Gasteiger partial charge in [-0.05, 0) is 5.92 Å². The Balaban J connectivity index is 0.00000288. The number of hydrogen-bond acceptors (Lipinski definition) is 4. The van der Waals surface area contributed by atoms with Gasteiger partial charge in [-0.15, -0.1) is 24.0 Å². The van der Waals surface area contributed by atoms with Gasteiger partial charge in [-0.2, -0.15) is 11.8 Å². The predicted molar refractivity (Wildman–Crippen MR) is 113 cm³/mol. The minimum atomic E-state index is -0.0124. The van der Waals surface area contributed by atoms with Gasteiger partial charge in [0.15, 0.2) is 5.96 Å². The highest BCUT2D eigenvalue weighted by molar-refractivity contribution is 14.0. The zero-order valence-electron chi connectivity index (χ0n) is 15.6. The molecule has 7 heteroatoms. The topological polar surface area (TPSA) is 53.7 Å². The van der Waals surface area contributed by atoms with E-state index in [1.807, 2.05) is 13.2 Å². The van der Waals surface area contributed by atoms with E-state index in [1.54, 1.807) is 0 Å². The molecule has 2 rings (SSSR count). The van der Waals surface area contributed by atoms with Gasteiger partial charge in [0.2, 0.25) is 5.89 Å². The van der Waals surface area contributed by atoms with Gasteiger partial charge in [-0.25, -0.2) is 4.98 Å². The van der Waals surface area contributed by atoms with Crippen molar-refractivity contribution in [3.63, 3.8) is 0 Å². The number of aliphatic imine (C=N–C) groups is 1. The van der Waals surface area contributed by atoms with E-state index in [0.29, 0.717) is 23.6 Å². The minimum Gasteiger partial charge on any atom is -0.443 e. The van der Waals surface area contributed by atoms with Crippen LogP contribution < -0.4 is 5.32 Å². The number of nitrogens with zero attached hydrogens (tertiary/aromatic N) is 3. The van der Waals surface area contributed by atoms with Crippen LogP contribution in [0.4, 0.5) is 0 Å². The summed E-state index contributed by atoms with van der Waals surface area (Å²) in [4.78, 5) is 11.1. The minimum absolute atomic E-state index is 0. The molecule has 138 valence electrons. The maximum Gasteiger partial charge on any atom is 0.213 e. The number of rotatable bonds is 3. The first-order chi connectivity index (χ1) is 10.8. The molecule has 1 aromatic heterocycles. The van der Waals surface area contributed by atoms with E-state index in [-0.39, 0.29) is 29.4 Å². The Morgan fingerprint density at radius 2 is 2.21 bits per heavy atom. The van der Waals surface area contributed by atoms with E-state index in [1.165, 1.54) is 0 Å². The summed E-state index contributed by atoms with van der Waals surface area (Å²) in [6.45, 7) is 13.6. The van der Waals surface area contributed by atoms with E-state index in [9.17, 15) is 0 Å². The standard InChI is InChI=1S/C17H30N4OS.HI/c1-12(2)13-11-21(7-8-23-13)16(18-6)20-10-15-19-9-14(22-15)17(3,4)5;/h9,12-13H,7-8,10-11H2,1-6H3,(H,18,20);1H. The third-order valence-corrected chi connectivity index (χ3v) is 5.58. The Bertz CT molecular complexity index is 539. The summed E-state index contributed by atoms with van der Waals surface area (Å²) in [5.41, 5.74) is -0.0124. The second-order valence-electron chi connectivity index (χ2n) is 7.37. The smallest absolute Gasteiger partial charge is 0.213 e. The van der Waals surface area contributed by atoms with Crippen LogP contribution >= 0.6 is 35.7 Å². The fraction of sp³-hybridized carbons (Fsp3) is 0.765. The zero-order valence-corrected chi connectivity index (χ0v) is 18.8. The molecule has 0 aliphatic carbocycles. The maximum atomic E-state index is 5.84. The lowest BCUT2D eigenvalue weighted by atomic mass is 9.94. The summed E-state index contributed by atoms with van der Waals surface area (Å²) in [5.74, 6) is 4.39. The number of thioether (sulfide) groups is 1. The van der Waals surface area contributed by atoms with E-state index < -0.39 is 0 Å². The van der Waals surface area contributed by atoms with Gasteiger partial charge in [-0.3, -0.25) is 4.99 Å². The molecule has 0 spiro atoms. The van der Waals surface area contributed by atoms with Gasteiger partial charge in [0.1, 0.15) is 5.76 Å². The van der Waals surface area contributed by atoms with Crippen LogP contribution in [0, 0.1) is 5.92 Å². The molecule has 0 aromatic carbocycles. The largest absolute Gasteiger partial charge is 0.443 e. The lowest BCUT2D eigenvalue weighted by Gasteiger charge is -2.36. The van der Waals surface area contributed by atoms with Crippen molar-refractivity contribution in [2.75, 3.05) is 25.9 Å². The zero-order chi connectivity index (χ0) is 17.0. The van der Waals surface area contributed by atoms with Crippen LogP contribution in [-0.2, 0) is 12.0 Å². The molecule has 0 radical (unpaired) electrons. The van der Waals surface area contributed by atoms with E-state index in [2.05, 4.69) is 66.6 Å². The molecule has 0 bridgehead atoms. The highest BCUT2D eigenvalue weighted by atomic mass is 127. The molecule has 1 aliphatic heterocycles. The Labute approximate surface area is 167 Å². The van der Waals surface area contributed by atoms with Gasteiger partial charge in [0, 0.05) is 36.6 Å². The average molecular weight is 466 g/mol. The number of oxazole rings is 1. The van der Waals surface area contributed by atoms with Gasteiger partial charge >= 0.3 is 0 Å². The quantitative estimate of drug-likeness (QED) is 0.418. The van der Waals surface area contributed by atoms with Crippen LogP contribution in [0.5, 0.6) is 0 Å². The molecule has 1 N–H and O–H groups in total. The van der Waals surface area contributed by atoms with Crippen LogP contribution in [0.15, 0.2) is 15.6 Å². The van der Waals surface area contributed by atoms with Crippen molar-refractivity contribution in [2.45, 2.75) is 51.8 Å². The van der Waals surface area contributed by atoms with Gasteiger partial charge in [-0.1, -0.05) is 34.6 Å². The third-order valence-electron chi connectivity index (χ3n) is 4.04. The van der Waals surface area contributed by atoms with E-state index >= 15 is 0 Å². The van der Waals surface area contributed by atoms with Crippen LogP contribution in [-0.4, -0.2) is 47.0 Å². The number of hydrogen-bond donors (Lipinski definition) is 1. The monoisotopic (exact) mass is 466 g/mol. The van der Waals surface area contributed by atoms with Gasteiger partial charge in [0.05, 0.1) is 12.7 Å².